The van der Waals surface area contributed by atoms with Gasteiger partial charge in [-0.3, -0.25) is 4.89 Å². The molecular weight excluding hydrogens is 136 g/mol. The molecule has 0 aromatic rings. The second-order valence-corrected chi connectivity index (χ2v) is 2.22. The zero-order chi connectivity index (χ0) is 8.15. The lowest BCUT2D eigenvalue weighted by Gasteiger charge is -2.06. The van der Waals surface area contributed by atoms with E-state index >= 15 is 0 Å². The average Bonchev–Trinajstić information content (AvgIpc) is 1.82. The van der Waals surface area contributed by atoms with Gasteiger partial charge in [-0.1, -0.05) is 0 Å². The molecule has 0 saturated heterocycles. The first-order valence-electron chi connectivity index (χ1n) is 3.09. The van der Waals surface area contributed by atoms with Crippen LogP contribution in [0.25, 0.3) is 0 Å². The van der Waals surface area contributed by atoms with Crippen LogP contribution in [0.1, 0.15) is 20.8 Å². The molecule has 0 bridgehead atoms. The lowest BCUT2D eigenvalue weighted by Crippen LogP contribution is -2.21. The Bertz CT molecular complexity index is 108. The highest BCUT2D eigenvalue weighted by molar-refractivity contribution is 5.73. The van der Waals surface area contributed by atoms with Crippen molar-refractivity contribution in [2.24, 2.45) is 0 Å². The summed E-state index contributed by atoms with van der Waals surface area (Å²) in [6, 6.07) is 0. The SMILES string of the molecule is CC(C)OOC(=O)C(C)O. The van der Waals surface area contributed by atoms with Crippen molar-refractivity contribution in [3.05, 3.63) is 0 Å². The highest BCUT2D eigenvalue weighted by Gasteiger charge is 2.11. The van der Waals surface area contributed by atoms with Gasteiger partial charge in [0.15, 0.2) is 6.10 Å². The van der Waals surface area contributed by atoms with Gasteiger partial charge in [0.25, 0.3) is 0 Å². The Morgan fingerprint density at radius 2 is 1.90 bits per heavy atom. The van der Waals surface area contributed by atoms with Gasteiger partial charge >= 0.3 is 5.97 Å². The quantitative estimate of drug-likeness (QED) is 0.460. The van der Waals surface area contributed by atoms with Gasteiger partial charge in [0, 0.05) is 0 Å². The molecule has 10 heavy (non-hydrogen) atoms. The fraction of sp³-hybridized carbons (Fsp3) is 0.833. The highest BCUT2D eigenvalue weighted by Crippen LogP contribution is 1.92. The predicted octanol–water partition coefficient (Wildman–Crippen LogP) is 0.250. The second-order valence-electron chi connectivity index (χ2n) is 2.22. The fourth-order valence-corrected chi connectivity index (χ4v) is 0.213. The maximum absolute atomic E-state index is 10.5. The van der Waals surface area contributed by atoms with Gasteiger partial charge in [-0.15, -0.1) is 0 Å². The number of carbonyl (C=O) groups is 1. The molecule has 1 atom stereocenters. The number of aliphatic hydroxyl groups excluding tert-OH is 1. The summed E-state index contributed by atoms with van der Waals surface area (Å²) in [5, 5.41) is 8.58. The molecular formula is C6H12O4. The van der Waals surface area contributed by atoms with Crippen LogP contribution in [0.3, 0.4) is 0 Å². The van der Waals surface area contributed by atoms with E-state index in [1.54, 1.807) is 13.8 Å². The van der Waals surface area contributed by atoms with Crippen molar-refractivity contribution in [1.29, 1.82) is 0 Å². The molecule has 60 valence electrons. The van der Waals surface area contributed by atoms with E-state index in [-0.39, 0.29) is 6.10 Å². The van der Waals surface area contributed by atoms with Crippen molar-refractivity contribution >= 4 is 5.97 Å². The molecule has 0 heterocycles. The lowest BCUT2D eigenvalue weighted by molar-refractivity contribution is -0.296. The summed E-state index contributed by atoms with van der Waals surface area (Å²) < 4.78 is 0. The molecule has 0 rings (SSSR count). The third kappa shape index (κ3) is 4.29. The van der Waals surface area contributed by atoms with Crippen LogP contribution in [0.2, 0.25) is 0 Å². The van der Waals surface area contributed by atoms with E-state index in [9.17, 15) is 4.79 Å². The maximum atomic E-state index is 10.5. The van der Waals surface area contributed by atoms with Crippen LogP contribution in [0, 0.1) is 0 Å². The van der Waals surface area contributed by atoms with E-state index in [0.717, 1.165) is 0 Å². The van der Waals surface area contributed by atoms with E-state index in [2.05, 4.69) is 9.78 Å². The molecule has 0 aliphatic rings. The minimum Gasteiger partial charge on any atom is -0.382 e. The van der Waals surface area contributed by atoms with Gasteiger partial charge < -0.3 is 5.11 Å². The van der Waals surface area contributed by atoms with Crippen molar-refractivity contribution in [3.63, 3.8) is 0 Å². The summed E-state index contributed by atoms with van der Waals surface area (Å²) in [4.78, 5) is 19.1. The predicted molar refractivity (Wildman–Crippen MR) is 34.0 cm³/mol. The topological polar surface area (TPSA) is 55.8 Å². The van der Waals surface area contributed by atoms with Gasteiger partial charge in [-0.05, 0) is 20.8 Å². The summed E-state index contributed by atoms with van der Waals surface area (Å²) in [6.45, 7) is 4.75. The summed E-state index contributed by atoms with van der Waals surface area (Å²) in [7, 11) is 0. The molecule has 0 aromatic carbocycles. The van der Waals surface area contributed by atoms with Gasteiger partial charge in [-0.25, -0.2) is 4.79 Å². The molecule has 1 N–H and O–H groups in total. The van der Waals surface area contributed by atoms with Gasteiger partial charge in [0.2, 0.25) is 0 Å². The maximum Gasteiger partial charge on any atom is 0.370 e. The van der Waals surface area contributed by atoms with Gasteiger partial charge in [0.1, 0.15) is 0 Å². The third-order valence-electron chi connectivity index (χ3n) is 0.664. The van der Waals surface area contributed by atoms with Crippen molar-refractivity contribution < 1.29 is 19.7 Å². The Kier molecular flexibility index (Phi) is 3.99. The van der Waals surface area contributed by atoms with E-state index in [1.165, 1.54) is 6.92 Å². The normalized spacial score (nSPS) is 13.3. The highest BCUT2D eigenvalue weighted by atomic mass is 17.2. The van der Waals surface area contributed by atoms with Crippen molar-refractivity contribution in [2.45, 2.75) is 33.0 Å². The van der Waals surface area contributed by atoms with Crippen molar-refractivity contribution in [3.8, 4) is 0 Å². The van der Waals surface area contributed by atoms with Crippen molar-refractivity contribution in [1.82, 2.24) is 0 Å². The molecule has 0 aliphatic heterocycles. The van der Waals surface area contributed by atoms with Gasteiger partial charge in [-0.2, -0.15) is 4.89 Å². The Labute approximate surface area is 59.7 Å². The van der Waals surface area contributed by atoms with E-state index in [1.807, 2.05) is 0 Å². The molecule has 0 aromatic heterocycles. The first-order valence-corrected chi connectivity index (χ1v) is 3.09. The van der Waals surface area contributed by atoms with Crippen LogP contribution >= 0.6 is 0 Å². The summed E-state index contributed by atoms with van der Waals surface area (Å²) >= 11 is 0. The molecule has 1 unspecified atom stereocenters. The lowest BCUT2D eigenvalue weighted by atomic mass is 10.4. The Hall–Kier alpha value is -0.610. The number of hydrogen-bond acceptors (Lipinski definition) is 4. The smallest absolute Gasteiger partial charge is 0.370 e. The van der Waals surface area contributed by atoms with Crippen LogP contribution in [0.15, 0.2) is 0 Å². The Morgan fingerprint density at radius 1 is 1.40 bits per heavy atom. The van der Waals surface area contributed by atoms with E-state index < -0.39 is 12.1 Å². The second kappa shape index (κ2) is 4.24. The Morgan fingerprint density at radius 3 is 2.20 bits per heavy atom. The average molecular weight is 148 g/mol. The third-order valence-corrected chi connectivity index (χ3v) is 0.664. The summed E-state index contributed by atoms with van der Waals surface area (Å²) in [5.74, 6) is -0.770. The van der Waals surface area contributed by atoms with Crippen LogP contribution in [-0.4, -0.2) is 23.3 Å². The molecule has 0 spiro atoms. The largest absolute Gasteiger partial charge is 0.382 e. The molecule has 0 fully saturated rings. The molecule has 4 heteroatoms. The minimum absolute atomic E-state index is 0.178. The molecule has 0 radical (unpaired) electrons. The van der Waals surface area contributed by atoms with Crippen molar-refractivity contribution in [2.75, 3.05) is 0 Å². The molecule has 4 nitrogen and oxygen atoms in total. The standard InChI is InChI=1S/C6H12O4/c1-4(2)9-10-6(8)5(3)7/h4-5,7H,1-3H3. The van der Waals surface area contributed by atoms with Crippen LogP contribution < -0.4 is 0 Å². The summed E-state index contributed by atoms with van der Waals surface area (Å²) in [6.07, 6.45) is -1.30. The molecule has 0 saturated carbocycles. The first-order chi connectivity index (χ1) is 4.54. The molecule has 0 aliphatic carbocycles. The fourth-order valence-electron chi connectivity index (χ4n) is 0.213. The van der Waals surface area contributed by atoms with Crippen LogP contribution in [0.4, 0.5) is 0 Å². The monoisotopic (exact) mass is 148 g/mol. The zero-order valence-corrected chi connectivity index (χ0v) is 6.33. The number of aliphatic hydroxyl groups is 1. The molecule has 0 amide bonds. The summed E-state index contributed by atoms with van der Waals surface area (Å²) in [5.41, 5.74) is 0. The zero-order valence-electron chi connectivity index (χ0n) is 6.33. The Balaban J connectivity index is 3.40. The van der Waals surface area contributed by atoms with Gasteiger partial charge in [0.05, 0.1) is 6.10 Å². The minimum atomic E-state index is -1.13. The van der Waals surface area contributed by atoms with Crippen LogP contribution in [-0.2, 0) is 14.6 Å². The number of carbonyl (C=O) groups excluding carboxylic acids is 1. The van der Waals surface area contributed by atoms with Crippen LogP contribution in [0.5, 0.6) is 0 Å². The number of hydrogen-bond donors (Lipinski definition) is 1. The first kappa shape index (κ1) is 9.39. The number of rotatable bonds is 3. The van der Waals surface area contributed by atoms with E-state index in [4.69, 9.17) is 5.11 Å². The van der Waals surface area contributed by atoms with E-state index in [0.29, 0.717) is 0 Å².